The molecule has 0 aliphatic carbocycles. The van der Waals surface area contributed by atoms with Crippen molar-refractivity contribution in [2.75, 3.05) is 20.2 Å². The van der Waals surface area contributed by atoms with Crippen LogP contribution in [0.15, 0.2) is 40.9 Å². The second-order valence-electron chi connectivity index (χ2n) is 9.91. The predicted octanol–water partition coefficient (Wildman–Crippen LogP) is 5.97. The largest absolute Gasteiger partial charge is 0.496 e. The van der Waals surface area contributed by atoms with Crippen molar-refractivity contribution in [1.29, 1.82) is 0 Å². The Balaban J connectivity index is 1.57. The fourth-order valence-electron chi connectivity index (χ4n) is 5.35. The summed E-state index contributed by atoms with van der Waals surface area (Å²) in [5.74, 6) is -2.23. The number of carbonyl (C=O) groups excluding carboxylic acids is 1. The lowest BCUT2D eigenvalue weighted by Crippen LogP contribution is -2.39. The number of fused-ring (bicyclic) bond motifs is 3. The summed E-state index contributed by atoms with van der Waals surface area (Å²) in [6.07, 6.45) is -6.27. The SMILES string of the molecule is COc1cccc(C2O[C@H](CC(=O)N3CCC(CC(=O)O)CC3)c3nnc(C(F)(F)F)n3-c3ccc(Cl)cc32)c1Br. The molecule has 0 spiro atoms. The van der Waals surface area contributed by atoms with Crippen molar-refractivity contribution in [1.82, 2.24) is 19.7 Å². The number of nitrogens with zero attached hydrogens (tertiary/aromatic N) is 4. The quantitative estimate of drug-likeness (QED) is 0.348. The molecular weight excluding hydrogens is 633 g/mol. The molecule has 1 N–H and O–H groups in total. The fourth-order valence-corrected chi connectivity index (χ4v) is 6.17. The molecule has 14 heteroatoms. The van der Waals surface area contributed by atoms with Crippen LogP contribution < -0.4 is 4.74 Å². The molecule has 0 bridgehead atoms. The highest BCUT2D eigenvalue weighted by Gasteiger charge is 2.44. The summed E-state index contributed by atoms with van der Waals surface area (Å²) in [6, 6.07) is 9.62. The minimum Gasteiger partial charge on any atom is -0.496 e. The molecule has 1 unspecified atom stereocenters. The maximum atomic E-state index is 14.2. The van der Waals surface area contributed by atoms with Crippen LogP contribution in [0.25, 0.3) is 5.69 Å². The van der Waals surface area contributed by atoms with E-state index in [1.54, 1.807) is 23.1 Å². The van der Waals surface area contributed by atoms with E-state index in [2.05, 4.69) is 26.1 Å². The number of hydrogen-bond donors (Lipinski definition) is 1. The van der Waals surface area contributed by atoms with Crippen molar-refractivity contribution in [3.8, 4) is 11.4 Å². The minimum absolute atomic E-state index is 0.0228. The monoisotopic (exact) mass is 656 g/mol. The Morgan fingerprint density at radius 1 is 1.15 bits per heavy atom. The molecule has 2 aromatic carbocycles. The van der Waals surface area contributed by atoms with E-state index < -0.39 is 30.2 Å². The van der Waals surface area contributed by atoms with E-state index in [0.29, 0.717) is 47.3 Å². The van der Waals surface area contributed by atoms with Gasteiger partial charge in [-0.05, 0) is 59.0 Å². The van der Waals surface area contributed by atoms with Gasteiger partial charge >= 0.3 is 12.1 Å². The van der Waals surface area contributed by atoms with Crippen LogP contribution in [0.3, 0.4) is 0 Å². The Hall–Kier alpha value is -3.16. The van der Waals surface area contributed by atoms with Crippen molar-refractivity contribution in [2.24, 2.45) is 5.92 Å². The van der Waals surface area contributed by atoms with Crippen LogP contribution in [-0.4, -0.2) is 56.8 Å². The van der Waals surface area contributed by atoms with E-state index in [9.17, 15) is 22.8 Å². The van der Waals surface area contributed by atoms with Crippen LogP contribution in [0.5, 0.6) is 5.75 Å². The molecule has 1 saturated heterocycles. The van der Waals surface area contributed by atoms with E-state index >= 15 is 0 Å². The third-order valence-corrected chi connectivity index (χ3v) is 8.41. The van der Waals surface area contributed by atoms with E-state index in [1.807, 2.05) is 0 Å². The van der Waals surface area contributed by atoms with Crippen molar-refractivity contribution >= 4 is 39.4 Å². The third-order valence-electron chi connectivity index (χ3n) is 7.33. The van der Waals surface area contributed by atoms with Crippen LogP contribution in [0.4, 0.5) is 13.2 Å². The average Bonchev–Trinajstić information content (AvgIpc) is 3.32. The maximum absolute atomic E-state index is 14.2. The first-order valence-electron chi connectivity index (χ1n) is 12.8. The zero-order chi connectivity index (χ0) is 29.5. The number of carbonyl (C=O) groups is 2. The van der Waals surface area contributed by atoms with Gasteiger partial charge in [-0.15, -0.1) is 10.2 Å². The fraction of sp³-hybridized carbons (Fsp3) is 0.407. The molecule has 2 atom stereocenters. The van der Waals surface area contributed by atoms with Crippen LogP contribution in [0.2, 0.25) is 5.02 Å². The lowest BCUT2D eigenvalue weighted by molar-refractivity contribution is -0.146. The number of carboxylic acid groups (broad SMARTS) is 1. The molecule has 2 aliphatic rings. The van der Waals surface area contributed by atoms with Crippen molar-refractivity contribution in [3.05, 3.63) is 68.7 Å². The topological polar surface area (TPSA) is 107 Å². The van der Waals surface area contributed by atoms with Crippen LogP contribution >= 0.6 is 27.5 Å². The molecule has 5 rings (SSSR count). The molecule has 218 valence electrons. The second-order valence-corrected chi connectivity index (χ2v) is 11.1. The standard InChI is InChI=1S/C27H25BrClF3N4O5/c1-40-19-4-2-3-16(23(19)28)24-17-12-15(29)5-6-18(17)36-25(33-34-26(36)27(30,31)32)20(41-24)13-21(37)35-9-7-14(8-10-35)11-22(38)39/h2-6,12,14,20,24H,7-11,13H2,1H3,(H,38,39)/t20-,24?/m1/s1. The van der Waals surface area contributed by atoms with Gasteiger partial charge < -0.3 is 19.5 Å². The molecule has 41 heavy (non-hydrogen) atoms. The van der Waals surface area contributed by atoms with Gasteiger partial charge in [0.2, 0.25) is 11.7 Å². The highest BCUT2D eigenvalue weighted by molar-refractivity contribution is 9.10. The number of amides is 1. The number of hydrogen-bond acceptors (Lipinski definition) is 6. The first-order valence-corrected chi connectivity index (χ1v) is 13.9. The van der Waals surface area contributed by atoms with Gasteiger partial charge in [0.1, 0.15) is 18.0 Å². The van der Waals surface area contributed by atoms with Crippen molar-refractivity contribution < 1.29 is 37.3 Å². The molecule has 3 aromatic rings. The second kappa shape index (κ2) is 11.6. The Labute approximate surface area is 246 Å². The summed E-state index contributed by atoms with van der Waals surface area (Å²) in [6.45, 7) is 0.676. The third kappa shape index (κ3) is 5.93. The maximum Gasteiger partial charge on any atom is 0.452 e. The minimum atomic E-state index is -4.85. The van der Waals surface area contributed by atoms with Gasteiger partial charge in [-0.3, -0.25) is 14.2 Å². The first kappa shape index (κ1) is 29.3. The number of methoxy groups -OCH3 is 1. The lowest BCUT2D eigenvalue weighted by Gasteiger charge is -2.32. The van der Waals surface area contributed by atoms with Crippen molar-refractivity contribution in [3.63, 3.8) is 0 Å². The normalized spacial score (nSPS) is 19.3. The smallest absolute Gasteiger partial charge is 0.452 e. The number of aliphatic carboxylic acids is 1. The van der Waals surface area contributed by atoms with Gasteiger partial charge in [0.05, 0.1) is 23.7 Å². The van der Waals surface area contributed by atoms with Crippen molar-refractivity contribution in [2.45, 2.75) is 44.1 Å². The summed E-state index contributed by atoms with van der Waals surface area (Å²) < 4.78 is 55.9. The zero-order valence-corrected chi connectivity index (χ0v) is 24.0. The average molecular weight is 658 g/mol. The number of rotatable bonds is 6. The van der Waals surface area contributed by atoms with E-state index in [4.69, 9.17) is 26.2 Å². The summed E-state index contributed by atoms with van der Waals surface area (Å²) >= 11 is 9.86. The first-order chi connectivity index (χ1) is 19.5. The molecule has 1 amide bonds. The summed E-state index contributed by atoms with van der Waals surface area (Å²) in [7, 11) is 1.49. The number of carboxylic acids is 1. The number of halogens is 5. The summed E-state index contributed by atoms with van der Waals surface area (Å²) in [5, 5.41) is 16.7. The summed E-state index contributed by atoms with van der Waals surface area (Å²) in [5.41, 5.74) is 0.986. The van der Waals surface area contributed by atoms with Gasteiger partial charge in [0.25, 0.3) is 0 Å². The molecule has 0 radical (unpaired) electrons. The molecule has 1 aromatic heterocycles. The Morgan fingerprint density at radius 3 is 2.54 bits per heavy atom. The molecule has 9 nitrogen and oxygen atoms in total. The summed E-state index contributed by atoms with van der Waals surface area (Å²) in [4.78, 5) is 26.1. The Bertz CT molecular complexity index is 1480. The Kier molecular flexibility index (Phi) is 8.31. The number of ether oxygens (including phenoxy) is 2. The number of alkyl halides is 3. The van der Waals surface area contributed by atoms with Gasteiger partial charge in [0.15, 0.2) is 5.82 Å². The van der Waals surface area contributed by atoms with Crippen LogP contribution in [0.1, 0.15) is 60.7 Å². The highest BCUT2D eigenvalue weighted by atomic mass is 79.9. The molecule has 3 heterocycles. The van der Waals surface area contributed by atoms with Gasteiger partial charge in [0, 0.05) is 35.7 Å². The van der Waals surface area contributed by atoms with E-state index in [0.717, 1.165) is 4.57 Å². The number of benzene rings is 2. The van der Waals surface area contributed by atoms with E-state index in [-0.39, 0.29) is 41.2 Å². The van der Waals surface area contributed by atoms with E-state index in [1.165, 1.54) is 25.3 Å². The predicted molar refractivity (Wildman–Crippen MR) is 144 cm³/mol. The highest BCUT2D eigenvalue weighted by Crippen LogP contribution is 2.46. The molecule has 0 saturated carbocycles. The van der Waals surface area contributed by atoms with Gasteiger partial charge in [-0.25, -0.2) is 0 Å². The van der Waals surface area contributed by atoms with Gasteiger partial charge in [-0.1, -0.05) is 23.7 Å². The molecule has 2 aliphatic heterocycles. The Morgan fingerprint density at radius 2 is 1.88 bits per heavy atom. The number of piperidine rings is 1. The van der Waals surface area contributed by atoms with Gasteiger partial charge in [-0.2, -0.15) is 13.2 Å². The zero-order valence-electron chi connectivity index (χ0n) is 21.7. The van der Waals surface area contributed by atoms with Crippen LogP contribution in [0, 0.1) is 5.92 Å². The number of likely N-dealkylation sites (tertiary alicyclic amines) is 1. The molecule has 1 fully saturated rings. The number of aromatic nitrogens is 3. The molecular formula is C27H25BrClF3N4O5. The lowest BCUT2D eigenvalue weighted by atomic mass is 9.93. The van der Waals surface area contributed by atoms with Crippen LogP contribution in [-0.2, 0) is 20.5 Å².